The van der Waals surface area contributed by atoms with Crippen LogP contribution in [0.5, 0.6) is 0 Å². The number of amides is 1. The highest BCUT2D eigenvalue weighted by Crippen LogP contribution is 2.30. The molecule has 1 aliphatic carbocycles. The van der Waals surface area contributed by atoms with Crippen LogP contribution >= 0.6 is 0 Å². The largest absolute Gasteiger partial charge is 0.338 e. The number of piperidine rings is 1. The predicted octanol–water partition coefficient (Wildman–Crippen LogP) is 0.955. The number of carbonyl (C=O) groups is 1. The van der Waals surface area contributed by atoms with Gasteiger partial charge in [0.15, 0.2) is 0 Å². The zero-order valence-corrected chi connectivity index (χ0v) is 11.2. The Kier molecular flexibility index (Phi) is 3.32. The van der Waals surface area contributed by atoms with Crippen molar-refractivity contribution in [3.63, 3.8) is 0 Å². The average molecular weight is 251 g/mol. The number of hydrogen-bond donors (Lipinski definition) is 1. The monoisotopic (exact) mass is 251 g/mol. The van der Waals surface area contributed by atoms with Crippen LogP contribution < -0.4 is 5.73 Å². The molecule has 0 aromatic carbocycles. The lowest BCUT2D eigenvalue weighted by Gasteiger charge is -2.45. The molecule has 0 radical (unpaired) electrons. The van der Waals surface area contributed by atoms with E-state index in [9.17, 15) is 4.79 Å². The highest BCUT2D eigenvalue weighted by Gasteiger charge is 2.42. The summed E-state index contributed by atoms with van der Waals surface area (Å²) in [6.07, 6.45) is 7.90. The summed E-state index contributed by atoms with van der Waals surface area (Å²) in [5.41, 5.74) is 5.77. The van der Waals surface area contributed by atoms with E-state index in [0.717, 1.165) is 45.3 Å². The van der Waals surface area contributed by atoms with Gasteiger partial charge in [0.1, 0.15) is 0 Å². The van der Waals surface area contributed by atoms with Crippen LogP contribution in [-0.4, -0.2) is 53.5 Å². The van der Waals surface area contributed by atoms with Crippen molar-refractivity contribution in [2.24, 2.45) is 5.73 Å². The first kappa shape index (κ1) is 12.4. The van der Waals surface area contributed by atoms with Crippen LogP contribution in [0.25, 0.3) is 0 Å². The number of hydrogen-bond acceptors (Lipinski definition) is 3. The SMILES string of the molecule is NC1(C(=O)N2CCN3CCCCC3C2)CCCC1. The Hall–Kier alpha value is -0.610. The zero-order chi connectivity index (χ0) is 12.6. The molecule has 3 aliphatic rings. The van der Waals surface area contributed by atoms with Gasteiger partial charge in [0.2, 0.25) is 5.91 Å². The standard InChI is InChI=1S/C14H25N3O/c15-14(6-2-3-7-14)13(18)17-10-9-16-8-4-1-5-12(16)11-17/h12H,1-11,15H2. The van der Waals surface area contributed by atoms with E-state index in [1.807, 2.05) is 0 Å². The summed E-state index contributed by atoms with van der Waals surface area (Å²) in [7, 11) is 0. The number of fused-ring (bicyclic) bond motifs is 1. The first-order valence-electron chi connectivity index (χ1n) is 7.51. The van der Waals surface area contributed by atoms with Gasteiger partial charge in [0.05, 0.1) is 5.54 Å². The molecule has 1 unspecified atom stereocenters. The average Bonchev–Trinajstić information content (AvgIpc) is 2.85. The molecule has 1 saturated carbocycles. The van der Waals surface area contributed by atoms with E-state index in [0.29, 0.717) is 6.04 Å². The van der Waals surface area contributed by atoms with E-state index in [1.165, 1.54) is 25.8 Å². The third kappa shape index (κ3) is 2.16. The molecule has 4 nitrogen and oxygen atoms in total. The second kappa shape index (κ2) is 4.82. The van der Waals surface area contributed by atoms with E-state index in [4.69, 9.17) is 5.73 Å². The Morgan fingerprint density at radius 2 is 1.83 bits per heavy atom. The Balaban J connectivity index is 1.64. The minimum absolute atomic E-state index is 0.227. The Morgan fingerprint density at radius 3 is 2.61 bits per heavy atom. The van der Waals surface area contributed by atoms with Crippen molar-refractivity contribution in [3.05, 3.63) is 0 Å². The Labute approximate surface area is 109 Å². The lowest BCUT2D eigenvalue weighted by atomic mass is 9.94. The zero-order valence-electron chi connectivity index (χ0n) is 11.2. The topological polar surface area (TPSA) is 49.6 Å². The second-order valence-corrected chi connectivity index (χ2v) is 6.30. The van der Waals surface area contributed by atoms with Crippen molar-refractivity contribution in [2.75, 3.05) is 26.2 Å². The third-order valence-corrected chi connectivity index (χ3v) is 5.05. The van der Waals surface area contributed by atoms with Gasteiger partial charge < -0.3 is 10.6 Å². The maximum atomic E-state index is 12.6. The van der Waals surface area contributed by atoms with Crippen LogP contribution in [0.3, 0.4) is 0 Å². The van der Waals surface area contributed by atoms with Gasteiger partial charge in [-0.1, -0.05) is 19.3 Å². The number of carbonyl (C=O) groups excluding carboxylic acids is 1. The molecular formula is C14H25N3O. The van der Waals surface area contributed by atoms with Crippen LogP contribution in [0.1, 0.15) is 44.9 Å². The lowest BCUT2D eigenvalue weighted by Crippen LogP contribution is -2.61. The smallest absolute Gasteiger partial charge is 0.242 e. The number of rotatable bonds is 1. The molecule has 2 heterocycles. The summed E-state index contributed by atoms with van der Waals surface area (Å²) in [5.74, 6) is 0.227. The fourth-order valence-electron chi connectivity index (χ4n) is 3.88. The highest BCUT2D eigenvalue weighted by atomic mass is 16.2. The molecular weight excluding hydrogens is 226 g/mol. The highest BCUT2D eigenvalue weighted by molar-refractivity contribution is 5.86. The van der Waals surface area contributed by atoms with E-state index in [2.05, 4.69) is 9.80 Å². The quantitative estimate of drug-likeness (QED) is 0.755. The predicted molar refractivity (Wildman–Crippen MR) is 71.2 cm³/mol. The van der Waals surface area contributed by atoms with Gasteiger partial charge in [-0.3, -0.25) is 9.69 Å². The van der Waals surface area contributed by atoms with E-state index < -0.39 is 5.54 Å². The van der Waals surface area contributed by atoms with Crippen molar-refractivity contribution in [1.29, 1.82) is 0 Å². The molecule has 102 valence electrons. The van der Waals surface area contributed by atoms with Gasteiger partial charge in [-0.05, 0) is 32.2 Å². The molecule has 3 rings (SSSR count). The molecule has 3 fully saturated rings. The van der Waals surface area contributed by atoms with Crippen molar-refractivity contribution in [1.82, 2.24) is 9.80 Å². The molecule has 2 saturated heterocycles. The number of nitrogens with two attached hydrogens (primary N) is 1. The molecule has 0 spiro atoms. The normalized spacial score (nSPS) is 32.3. The van der Waals surface area contributed by atoms with Crippen LogP contribution in [-0.2, 0) is 4.79 Å². The van der Waals surface area contributed by atoms with E-state index in [-0.39, 0.29) is 5.91 Å². The Morgan fingerprint density at radius 1 is 1.06 bits per heavy atom. The summed E-state index contributed by atoms with van der Waals surface area (Å²) < 4.78 is 0. The molecule has 1 atom stereocenters. The van der Waals surface area contributed by atoms with Crippen LogP contribution in [0.2, 0.25) is 0 Å². The van der Waals surface area contributed by atoms with Gasteiger partial charge in [-0.25, -0.2) is 0 Å². The minimum atomic E-state index is -0.531. The van der Waals surface area contributed by atoms with Crippen LogP contribution in [0, 0.1) is 0 Å². The molecule has 4 heteroatoms. The summed E-state index contributed by atoms with van der Waals surface area (Å²) in [6, 6.07) is 0.599. The lowest BCUT2D eigenvalue weighted by molar-refractivity contribution is -0.140. The van der Waals surface area contributed by atoms with Gasteiger partial charge in [0.25, 0.3) is 0 Å². The van der Waals surface area contributed by atoms with E-state index in [1.54, 1.807) is 0 Å². The molecule has 2 N–H and O–H groups in total. The molecule has 18 heavy (non-hydrogen) atoms. The van der Waals surface area contributed by atoms with Crippen LogP contribution in [0.4, 0.5) is 0 Å². The van der Waals surface area contributed by atoms with Gasteiger partial charge in [-0.2, -0.15) is 0 Å². The summed E-state index contributed by atoms with van der Waals surface area (Å²) in [5, 5.41) is 0. The fraction of sp³-hybridized carbons (Fsp3) is 0.929. The second-order valence-electron chi connectivity index (χ2n) is 6.30. The third-order valence-electron chi connectivity index (χ3n) is 5.05. The molecule has 0 aromatic heterocycles. The number of nitrogens with zero attached hydrogens (tertiary/aromatic N) is 2. The molecule has 0 bridgehead atoms. The molecule has 0 aromatic rings. The molecule has 2 aliphatic heterocycles. The van der Waals surface area contributed by atoms with E-state index >= 15 is 0 Å². The Bertz CT molecular complexity index is 325. The van der Waals surface area contributed by atoms with Gasteiger partial charge in [0, 0.05) is 25.7 Å². The fourth-order valence-corrected chi connectivity index (χ4v) is 3.88. The number of piperazine rings is 1. The first-order chi connectivity index (χ1) is 8.69. The van der Waals surface area contributed by atoms with Gasteiger partial charge in [-0.15, -0.1) is 0 Å². The van der Waals surface area contributed by atoms with Crippen LogP contribution in [0.15, 0.2) is 0 Å². The first-order valence-corrected chi connectivity index (χ1v) is 7.51. The molecule has 1 amide bonds. The minimum Gasteiger partial charge on any atom is -0.338 e. The summed E-state index contributed by atoms with van der Waals surface area (Å²) in [6.45, 7) is 4.07. The van der Waals surface area contributed by atoms with Crippen molar-refractivity contribution < 1.29 is 4.79 Å². The van der Waals surface area contributed by atoms with Gasteiger partial charge >= 0.3 is 0 Å². The summed E-state index contributed by atoms with van der Waals surface area (Å²) in [4.78, 5) is 17.2. The van der Waals surface area contributed by atoms with Crippen molar-refractivity contribution in [2.45, 2.75) is 56.5 Å². The maximum Gasteiger partial charge on any atom is 0.242 e. The maximum absolute atomic E-state index is 12.6. The van der Waals surface area contributed by atoms with Crippen molar-refractivity contribution in [3.8, 4) is 0 Å². The van der Waals surface area contributed by atoms with Crippen molar-refractivity contribution >= 4 is 5.91 Å². The summed E-state index contributed by atoms with van der Waals surface area (Å²) >= 11 is 0.